The molecule has 1 saturated carbocycles. The molecule has 4 heteroatoms. The Morgan fingerprint density at radius 1 is 1.00 bits per heavy atom. The highest BCUT2D eigenvalue weighted by Gasteiger charge is 2.40. The first-order valence-electron chi connectivity index (χ1n) is 9.12. The molecule has 21 heavy (non-hydrogen) atoms. The predicted octanol–water partition coefficient (Wildman–Crippen LogP) is 1.83. The van der Waals surface area contributed by atoms with Crippen molar-refractivity contribution in [3.05, 3.63) is 0 Å². The topological polar surface area (TPSA) is 41.7 Å². The Morgan fingerprint density at radius 2 is 1.86 bits per heavy atom. The molecule has 3 fully saturated rings. The van der Waals surface area contributed by atoms with E-state index < -0.39 is 0 Å². The largest absolute Gasteiger partial charge is 0.375 e. The maximum atomic E-state index is 6.26. The molecular formula is C17H33N3O. The van der Waals surface area contributed by atoms with Crippen LogP contribution in [0.5, 0.6) is 0 Å². The van der Waals surface area contributed by atoms with Crippen molar-refractivity contribution in [2.45, 2.75) is 63.0 Å². The number of nitrogens with zero attached hydrogens (tertiary/aromatic N) is 2. The molecule has 3 rings (SSSR count). The fourth-order valence-corrected chi connectivity index (χ4v) is 4.62. The van der Waals surface area contributed by atoms with E-state index in [2.05, 4.69) is 9.80 Å². The molecule has 2 heterocycles. The molecule has 3 aliphatic rings. The second kappa shape index (κ2) is 7.40. The van der Waals surface area contributed by atoms with Crippen LogP contribution in [0.15, 0.2) is 0 Å². The number of rotatable bonds is 3. The van der Waals surface area contributed by atoms with Gasteiger partial charge >= 0.3 is 0 Å². The lowest BCUT2D eigenvalue weighted by molar-refractivity contribution is -0.123. The van der Waals surface area contributed by atoms with E-state index in [9.17, 15) is 0 Å². The van der Waals surface area contributed by atoms with Gasteiger partial charge in [0, 0.05) is 38.8 Å². The van der Waals surface area contributed by atoms with Gasteiger partial charge < -0.3 is 15.4 Å². The molecule has 2 aliphatic heterocycles. The van der Waals surface area contributed by atoms with Crippen molar-refractivity contribution in [3.8, 4) is 0 Å². The van der Waals surface area contributed by atoms with Crippen molar-refractivity contribution in [2.24, 2.45) is 5.73 Å². The lowest BCUT2D eigenvalue weighted by Gasteiger charge is -2.46. The number of nitrogens with two attached hydrogens (primary N) is 1. The molecule has 1 aliphatic carbocycles. The van der Waals surface area contributed by atoms with Gasteiger partial charge in [0.05, 0.1) is 5.60 Å². The zero-order valence-electron chi connectivity index (χ0n) is 13.6. The van der Waals surface area contributed by atoms with Crippen LogP contribution in [0.4, 0.5) is 0 Å². The number of hydrogen-bond acceptors (Lipinski definition) is 4. The van der Waals surface area contributed by atoms with E-state index in [4.69, 9.17) is 10.5 Å². The average molecular weight is 295 g/mol. The van der Waals surface area contributed by atoms with Crippen LogP contribution < -0.4 is 5.73 Å². The molecule has 4 nitrogen and oxygen atoms in total. The van der Waals surface area contributed by atoms with Crippen LogP contribution in [0.2, 0.25) is 0 Å². The van der Waals surface area contributed by atoms with Gasteiger partial charge in [-0.15, -0.1) is 0 Å². The van der Waals surface area contributed by atoms with Crippen LogP contribution in [0, 0.1) is 0 Å². The van der Waals surface area contributed by atoms with Gasteiger partial charge in [0.15, 0.2) is 0 Å². The summed E-state index contributed by atoms with van der Waals surface area (Å²) in [5.41, 5.74) is 5.95. The van der Waals surface area contributed by atoms with E-state index in [1.807, 2.05) is 0 Å². The standard InChI is InChI=1S/C17H33N3O/c18-8-11-19-9-4-10-20(13-12-19)16-5-14-21-17(15-16)6-2-1-3-7-17/h16H,1-15,18H2. The summed E-state index contributed by atoms with van der Waals surface area (Å²) >= 11 is 0. The molecule has 0 radical (unpaired) electrons. The number of ether oxygens (including phenoxy) is 1. The van der Waals surface area contributed by atoms with Crippen LogP contribution >= 0.6 is 0 Å². The van der Waals surface area contributed by atoms with Crippen LogP contribution in [0.25, 0.3) is 0 Å². The fourth-order valence-electron chi connectivity index (χ4n) is 4.62. The first kappa shape index (κ1) is 15.7. The smallest absolute Gasteiger partial charge is 0.0697 e. The molecule has 1 unspecified atom stereocenters. The molecule has 0 amide bonds. The van der Waals surface area contributed by atoms with Crippen molar-refractivity contribution < 1.29 is 4.74 Å². The normalized spacial score (nSPS) is 32.1. The maximum Gasteiger partial charge on any atom is 0.0697 e. The minimum absolute atomic E-state index is 0.240. The Balaban J connectivity index is 1.55. The fraction of sp³-hybridized carbons (Fsp3) is 1.00. The Labute approximate surface area is 130 Å². The Bertz CT molecular complexity index is 312. The quantitative estimate of drug-likeness (QED) is 0.862. The second-order valence-electron chi connectivity index (χ2n) is 7.26. The lowest BCUT2D eigenvalue weighted by Crippen LogP contribution is -2.50. The third-order valence-corrected chi connectivity index (χ3v) is 5.82. The van der Waals surface area contributed by atoms with Gasteiger partial charge in [-0.05, 0) is 45.2 Å². The maximum absolute atomic E-state index is 6.26. The summed E-state index contributed by atoms with van der Waals surface area (Å²) in [6.07, 6.45) is 10.6. The first-order chi connectivity index (χ1) is 10.3. The molecule has 0 aromatic rings. The molecule has 1 spiro atoms. The summed E-state index contributed by atoms with van der Waals surface area (Å²) in [7, 11) is 0. The van der Waals surface area contributed by atoms with E-state index in [0.717, 1.165) is 25.7 Å². The van der Waals surface area contributed by atoms with Crippen molar-refractivity contribution in [1.82, 2.24) is 9.80 Å². The van der Waals surface area contributed by atoms with Gasteiger partial charge in [0.1, 0.15) is 0 Å². The SMILES string of the molecule is NCCN1CCCN(C2CCOC3(CCCCC3)C2)CC1. The average Bonchev–Trinajstić information content (AvgIpc) is 2.74. The first-order valence-corrected chi connectivity index (χ1v) is 9.12. The van der Waals surface area contributed by atoms with Crippen molar-refractivity contribution in [1.29, 1.82) is 0 Å². The van der Waals surface area contributed by atoms with Crippen LogP contribution in [-0.2, 0) is 4.74 Å². The molecule has 122 valence electrons. The van der Waals surface area contributed by atoms with Crippen molar-refractivity contribution in [3.63, 3.8) is 0 Å². The third kappa shape index (κ3) is 3.98. The highest BCUT2D eigenvalue weighted by atomic mass is 16.5. The molecule has 1 atom stereocenters. The summed E-state index contributed by atoms with van der Waals surface area (Å²) in [4.78, 5) is 5.30. The van der Waals surface area contributed by atoms with Crippen LogP contribution in [0.3, 0.4) is 0 Å². The monoisotopic (exact) mass is 295 g/mol. The summed E-state index contributed by atoms with van der Waals surface area (Å²) < 4.78 is 6.26. The van der Waals surface area contributed by atoms with Crippen molar-refractivity contribution in [2.75, 3.05) is 45.9 Å². The van der Waals surface area contributed by atoms with E-state index in [-0.39, 0.29) is 5.60 Å². The third-order valence-electron chi connectivity index (χ3n) is 5.82. The van der Waals surface area contributed by atoms with E-state index >= 15 is 0 Å². The van der Waals surface area contributed by atoms with E-state index in [1.165, 1.54) is 77.5 Å². The Hall–Kier alpha value is -0.160. The molecular weight excluding hydrogens is 262 g/mol. The van der Waals surface area contributed by atoms with Gasteiger partial charge in [0.25, 0.3) is 0 Å². The number of hydrogen-bond donors (Lipinski definition) is 1. The second-order valence-corrected chi connectivity index (χ2v) is 7.26. The molecule has 2 saturated heterocycles. The van der Waals surface area contributed by atoms with Gasteiger partial charge in [-0.2, -0.15) is 0 Å². The summed E-state index contributed by atoms with van der Waals surface area (Å²) in [5, 5.41) is 0. The highest BCUT2D eigenvalue weighted by Crippen LogP contribution is 2.39. The van der Waals surface area contributed by atoms with E-state index in [1.54, 1.807) is 0 Å². The van der Waals surface area contributed by atoms with Gasteiger partial charge in [0.2, 0.25) is 0 Å². The predicted molar refractivity (Wildman–Crippen MR) is 86.5 cm³/mol. The van der Waals surface area contributed by atoms with Crippen LogP contribution in [0.1, 0.15) is 51.4 Å². The molecule has 2 N–H and O–H groups in total. The molecule has 0 aromatic heterocycles. The van der Waals surface area contributed by atoms with Crippen molar-refractivity contribution >= 4 is 0 Å². The van der Waals surface area contributed by atoms with Gasteiger partial charge in [-0.3, -0.25) is 4.90 Å². The highest BCUT2D eigenvalue weighted by molar-refractivity contribution is 4.93. The van der Waals surface area contributed by atoms with E-state index in [0.29, 0.717) is 0 Å². The zero-order chi connectivity index (χ0) is 14.5. The zero-order valence-corrected chi connectivity index (χ0v) is 13.6. The van der Waals surface area contributed by atoms with Crippen LogP contribution in [-0.4, -0.2) is 67.3 Å². The molecule has 0 aromatic carbocycles. The van der Waals surface area contributed by atoms with Gasteiger partial charge in [-0.1, -0.05) is 19.3 Å². The van der Waals surface area contributed by atoms with Gasteiger partial charge in [-0.25, -0.2) is 0 Å². The Morgan fingerprint density at radius 3 is 2.67 bits per heavy atom. The lowest BCUT2D eigenvalue weighted by atomic mass is 9.78. The minimum atomic E-state index is 0.240. The molecule has 0 bridgehead atoms. The summed E-state index contributed by atoms with van der Waals surface area (Å²) in [6.45, 7) is 7.74. The Kier molecular flexibility index (Phi) is 5.54. The summed E-state index contributed by atoms with van der Waals surface area (Å²) in [5.74, 6) is 0. The summed E-state index contributed by atoms with van der Waals surface area (Å²) in [6, 6.07) is 0.759. The minimum Gasteiger partial charge on any atom is -0.375 e.